The summed E-state index contributed by atoms with van der Waals surface area (Å²) in [5.74, 6) is 0.832. The molecule has 0 unspecified atom stereocenters. The zero-order valence-corrected chi connectivity index (χ0v) is 18.8. The van der Waals surface area contributed by atoms with Crippen molar-refractivity contribution in [3.63, 3.8) is 0 Å². The number of aromatic nitrogens is 2. The molecule has 164 valence electrons. The summed E-state index contributed by atoms with van der Waals surface area (Å²) in [7, 11) is 3.50. The predicted octanol–water partition coefficient (Wildman–Crippen LogP) is 5.40. The molecule has 2 aromatic carbocycles. The molecule has 1 aliphatic rings. The summed E-state index contributed by atoms with van der Waals surface area (Å²) in [6.45, 7) is 0.458. The third-order valence-corrected chi connectivity index (χ3v) is 6.08. The smallest absolute Gasteiger partial charge is 0.254 e. The standard InChI is InChI=1S/C28H25N3O2/c1-31(18-21-7-5-6-16-29-21)28(32)26-23-8-3-4-9-25(23)30-27-20(12-15-24(26)27)17-19-10-13-22(33-2)14-11-19/h3-11,13-14,16-17H,12,15,18H2,1-2H3/b20-17+. The highest BCUT2D eigenvalue weighted by molar-refractivity contribution is 6.09. The molecule has 0 atom stereocenters. The van der Waals surface area contributed by atoms with Gasteiger partial charge >= 0.3 is 0 Å². The van der Waals surface area contributed by atoms with Crippen molar-refractivity contribution in [1.29, 1.82) is 0 Å². The van der Waals surface area contributed by atoms with Gasteiger partial charge in [0.25, 0.3) is 5.91 Å². The Kier molecular flexibility index (Phi) is 5.61. The molecule has 0 spiro atoms. The monoisotopic (exact) mass is 435 g/mol. The molecular weight excluding hydrogens is 410 g/mol. The minimum atomic E-state index is 0.00111. The molecule has 0 bridgehead atoms. The van der Waals surface area contributed by atoms with Gasteiger partial charge in [0.15, 0.2) is 0 Å². The molecule has 4 aromatic rings. The van der Waals surface area contributed by atoms with Gasteiger partial charge in [-0.25, -0.2) is 4.98 Å². The van der Waals surface area contributed by atoms with E-state index in [2.05, 4.69) is 11.1 Å². The van der Waals surface area contributed by atoms with Crippen molar-refractivity contribution in [1.82, 2.24) is 14.9 Å². The number of rotatable bonds is 5. The van der Waals surface area contributed by atoms with E-state index >= 15 is 0 Å². The Morgan fingerprint density at radius 2 is 1.82 bits per heavy atom. The first-order chi connectivity index (χ1) is 16.1. The summed E-state index contributed by atoms with van der Waals surface area (Å²) < 4.78 is 5.27. The number of para-hydroxylation sites is 1. The summed E-state index contributed by atoms with van der Waals surface area (Å²) in [4.78, 5) is 24.8. The van der Waals surface area contributed by atoms with Crippen LogP contribution in [0.15, 0.2) is 72.9 Å². The number of carbonyl (C=O) groups is 1. The second kappa shape index (κ2) is 8.87. The van der Waals surface area contributed by atoms with Gasteiger partial charge in [0, 0.05) is 18.6 Å². The molecule has 5 rings (SSSR count). The second-order valence-corrected chi connectivity index (χ2v) is 8.26. The Morgan fingerprint density at radius 3 is 2.58 bits per heavy atom. The third-order valence-electron chi connectivity index (χ3n) is 6.08. The molecular formula is C28H25N3O2. The highest BCUT2D eigenvalue weighted by Crippen LogP contribution is 2.38. The van der Waals surface area contributed by atoms with Crippen LogP contribution >= 0.6 is 0 Å². The molecule has 1 amide bonds. The van der Waals surface area contributed by atoms with Gasteiger partial charge < -0.3 is 9.64 Å². The van der Waals surface area contributed by atoms with E-state index in [4.69, 9.17) is 9.72 Å². The van der Waals surface area contributed by atoms with Crippen LogP contribution in [-0.4, -0.2) is 34.9 Å². The van der Waals surface area contributed by atoms with Crippen LogP contribution in [0.4, 0.5) is 0 Å². The van der Waals surface area contributed by atoms with Crippen LogP contribution in [0.25, 0.3) is 22.6 Å². The maximum atomic E-state index is 13.7. The molecule has 0 fully saturated rings. The quantitative estimate of drug-likeness (QED) is 0.421. The van der Waals surface area contributed by atoms with Gasteiger partial charge in [-0.1, -0.05) is 36.4 Å². The molecule has 33 heavy (non-hydrogen) atoms. The van der Waals surface area contributed by atoms with Gasteiger partial charge in [-0.05, 0) is 65.9 Å². The summed E-state index contributed by atoms with van der Waals surface area (Å²) in [5.41, 5.74) is 6.67. The fraction of sp³-hybridized carbons (Fsp3) is 0.179. The maximum Gasteiger partial charge on any atom is 0.254 e. The van der Waals surface area contributed by atoms with Crippen molar-refractivity contribution in [2.75, 3.05) is 14.2 Å². The summed E-state index contributed by atoms with van der Waals surface area (Å²) in [6, 6.07) is 21.7. The normalized spacial score (nSPS) is 13.8. The molecule has 5 heteroatoms. The lowest BCUT2D eigenvalue weighted by atomic mass is 9.99. The Balaban J connectivity index is 1.57. The number of benzene rings is 2. The van der Waals surface area contributed by atoms with E-state index in [-0.39, 0.29) is 5.91 Å². The lowest BCUT2D eigenvalue weighted by Crippen LogP contribution is -2.28. The maximum absolute atomic E-state index is 13.7. The number of pyridine rings is 2. The number of fused-ring (bicyclic) bond motifs is 2. The zero-order chi connectivity index (χ0) is 22.8. The van der Waals surface area contributed by atoms with Crippen LogP contribution in [0.2, 0.25) is 0 Å². The molecule has 1 aliphatic carbocycles. The third kappa shape index (κ3) is 4.10. The first kappa shape index (κ1) is 20.9. The van der Waals surface area contributed by atoms with E-state index in [1.165, 1.54) is 0 Å². The van der Waals surface area contributed by atoms with Crippen LogP contribution in [-0.2, 0) is 13.0 Å². The summed E-state index contributed by atoms with van der Waals surface area (Å²) in [5, 5.41) is 0.903. The molecule has 0 N–H and O–H groups in total. The molecule has 0 saturated carbocycles. The number of ether oxygens (including phenoxy) is 1. The van der Waals surface area contributed by atoms with Gasteiger partial charge in [-0.15, -0.1) is 0 Å². The highest BCUT2D eigenvalue weighted by atomic mass is 16.5. The Morgan fingerprint density at radius 1 is 1.03 bits per heavy atom. The summed E-state index contributed by atoms with van der Waals surface area (Å²) in [6.07, 6.45) is 5.57. The number of hydrogen-bond donors (Lipinski definition) is 0. The van der Waals surface area contributed by atoms with Crippen LogP contribution in [0, 0.1) is 0 Å². The number of hydrogen-bond acceptors (Lipinski definition) is 4. The van der Waals surface area contributed by atoms with E-state index in [1.54, 1.807) is 18.2 Å². The fourth-order valence-corrected chi connectivity index (χ4v) is 4.42. The van der Waals surface area contributed by atoms with Gasteiger partial charge in [0.2, 0.25) is 0 Å². The average Bonchev–Trinajstić information content (AvgIpc) is 3.25. The van der Waals surface area contributed by atoms with E-state index in [0.29, 0.717) is 6.54 Å². The van der Waals surface area contributed by atoms with Crippen LogP contribution in [0.5, 0.6) is 5.75 Å². The summed E-state index contributed by atoms with van der Waals surface area (Å²) >= 11 is 0. The van der Waals surface area contributed by atoms with Crippen molar-refractivity contribution in [3.8, 4) is 5.75 Å². The number of carbonyl (C=O) groups excluding carboxylic acids is 1. The molecule has 0 saturated heterocycles. The van der Waals surface area contributed by atoms with Gasteiger partial charge in [-0.2, -0.15) is 0 Å². The van der Waals surface area contributed by atoms with Crippen molar-refractivity contribution in [3.05, 3.63) is 101 Å². The number of nitrogens with zero attached hydrogens (tertiary/aromatic N) is 3. The minimum absolute atomic E-state index is 0.00111. The van der Waals surface area contributed by atoms with Gasteiger partial charge in [-0.3, -0.25) is 9.78 Å². The molecule has 5 nitrogen and oxygen atoms in total. The van der Waals surface area contributed by atoms with Crippen molar-refractivity contribution < 1.29 is 9.53 Å². The molecule has 2 aromatic heterocycles. The van der Waals surface area contributed by atoms with Gasteiger partial charge in [0.1, 0.15) is 5.75 Å². The average molecular weight is 436 g/mol. The number of allylic oxidation sites excluding steroid dienone is 1. The lowest BCUT2D eigenvalue weighted by molar-refractivity contribution is 0.0784. The van der Waals surface area contributed by atoms with Crippen LogP contribution in [0.1, 0.15) is 39.3 Å². The first-order valence-electron chi connectivity index (χ1n) is 11.1. The fourth-order valence-electron chi connectivity index (χ4n) is 4.42. The van der Waals surface area contributed by atoms with Gasteiger partial charge in [0.05, 0.1) is 36.1 Å². The zero-order valence-electron chi connectivity index (χ0n) is 18.8. The van der Waals surface area contributed by atoms with Crippen molar-refractivity contribution in [2.24, 2.45) is 0 Å². The number of amides is 1. The van der Waals surface area contributed by atoms with E-state index in [0.717, 1.165) is 63.1 Å². The first-order valence-corrected chi connectivity index (χ1v) is 11.1. The van der Waals surface area contributed by atoms with Crippen molar-refractivity contribution >= 4 is 28.5 Å². The minimum Gasteiger partial charge on any atom is -0.497 e. The topological polar surface area (TPSA) is 55.3 Å². The van der Waals surface area contributed by atoms with E-state index in [1.807, 2.05) is 73.8 Å². The predicted molar refractivity (Wildman–Crippen MR) is 131 cm³/mol. The second-order valence-electron chi connectivity index (χ2n) is 8.26. The Labute approximate surface area is 193 Å². The largest absolute Gasteiger partial charge is 0.497 e. The van der Waals surface area contributed by atoms with E-state index in [9.17, 15) is 4.79 Å². The Hall–Kier alpha value is -3.99. The SMILES string of the molecule is COc1ccc(/C=C2\CCc3c2nc2ccccc2c3C(=O)N(C)Cc2ccccn2)cc1. The van der Waals surface area contributed by atoms with E-state index < -0.39 is 0 Å². The molecule has 0 radical (unpaired) electrons. The molecule has 0 aliphatic heterocycles. The molecule has 2 heterocycles. The highest BCUT2D eigenvalue weighted by Gasteiger charge is 2.28. The van der Waals surface area contributed by atoms with Crippen molar-refractivity contribution in [2.45, 2.75) is 19.4 Å². The number of methoxy groups -OCH3 is 1. The van der Waals surface area contributed by atoms with Crippen LogP contribution < -0.4 is 4.74 Å². The lowest BCUT2D eigenvalue weighted by Gasteiger charge is -2.20. The van der Waals surface area contributed by atoms with Crippen LogP contribution in [0.3, 0.4) is 0 Å². The Bertz CT molecular complexity index is 1350.